The Labute approximate surface area is 148 Å². The molecule has 0 spiro atoms. The maximum atomic E-state index is 12.2. The molecule has 1 saturated carbocycles. The number of rotatable bonds is 7. The molecule has 2 atom stereocenters. The number of carbonyl (C=O) groups excluding carboxylic acids is 1. The second-order valence-electron chi connectivity index (χ2n) is 7.09. The van der Waals surface area contributed by atoms with Crippen molar-refractivity contribution < 1.29 is 14.3 Å². The second-order valence-corrected chi connectivity index (χ2v) is 7.09. The van der Waals surface area contributed by atoms with Gasteiger partial charge in [0.15, 0.2) is 0 Å². The summed E-state index contributed by atoms with van der Waals surface area (Å²) in [5.41, 5.74) is 2.69. The van der Waals surface area contributed by atoms with E-state index in [2.05, 4.69) is 35.8 Å². The van der Waals surface area contributed by atoms with Gasteiger partial charge in [-0.2, -0.15) is 0 Å². The summed E-state index contributed by atoms with van der Waals surface area (Å²) in [4.78, 5) is 12.2. The second kappa shape index (κ2) is 7.31. The fourth-order valence-electron chi connectivity index (χ4n) is 3.38. The van der Waals surface area contributed by atoms with E-state index in [1.54, 1.807) is 12.1 Å². The van der Waals surface area contributed by atoms with E-state index >= 15 is 0 Å². The van der Waals surface area contributed by atoms with Crippen molar-refractivity contribution in [2.75, 3.05) is 6.54 Å². The van der Waals surface area contributed by atoms with Gasteiger partial charge in [-0.15, -0.1) is 0 Å². The van der Waals surface area contributed by atoms with Crippen molar-refractivity contribution in [2.45, 2.75) is 50.7 Å². The zero-order valence-electron chi connectivity index (χ0n) is 14.8. The molecule has 2 aromatic rings. The number of benzene rings is 1. The SMILES string of the molecule is Cc1ccccc1C1(CNC(=O)NC(C)CC(O)c2ccco2)CC1. The van der Waals surface area contributed by atoms with Crippen LogP contribution in [0.4, 0.5) is 4.79 Å². The van der Waals surface area contributed by atoms with Crippen molar-refractivity contribution in [3.63, 3.8) is 0 Å². The molecule has 0 bridgehead atoms. The highest BCUT2D eigenvalue weighted by molar-refractivity contribution is 5.74. The number of aliphatic hydroxyl groups is 1. The predicted molar refractivity (Wildman–Crippen MR) is 96.4 cm³/mol. The molecule has 25 heavy (non-hydrogen) atoms. The highest BCUT2D eigenvalue weighted by atomic mass is 16.4. The van der Waals surface area contributed by atoms with Crippen molar-refractivity contribution in [1.29, 1.82) is 0 Å². The molecule has 2 unspecified atom stereocenters. The predicted octanol–water partition coefficient (Wildman–Crippen LogP) is 3.43. The molecule has 3 rings (SSSR count). The third-order valence-electron chi connectivity index (χ3n) is 4.98. The minimum atomic E-state index is -0.716. The highest BCUT2D eigenvalue weighted by Crippen LogP contribution is 2.48. The zero-order chi connectivity index (χ0) is 17.9. The Morgan fingerprint density at radius 3 is 2.68 bits per heavy atom. The molecule has 3 N–H and O–H groups in total. The van der Waals surface area contributed by atoms with Crippen LogP contribution in [-0.4, -0.2) is 23.7 Å². The summed E-state index contributed by atoms with van der Waals surface area (Å²) in [5.74, 6) is 0.519. The fraction of sp³-hybridized carbons (Fsp3) is 0.450. The van der Waals surface area contributed by atoms with Crippen molar-refractivity contribution in [1.82, 2.24) is 10.6 Å². The number of hydrogen-bond acceptors (Lipinski definition) is 3. The van der Waals surface area contributed by atoms with Gasteiger partial charge in [0.1, 0.15) is 11.9 Å². The molecule has 1 aliphatic rings. The Morgan fingerprint density at radius 2 is 2.04 bits per heavy atom. The van der Waals surface area contributed by atoms with E-state index in [1.807, 2.05) is 13.0 Å². The number of furan rings is 1. The van der Waals surface area contributed by atoms with Gasteiger partial charge < -0.3 is 20.2 Å². The lowest BCUT2D eigenvalue weighted by molar-refractivity contribution is 0.129. The van der Waals surface area contributed by atoms with E-state index in [1.165, 1.54) is 17.4 Å². The van der Waals surface area contributed by atoms with Crippen molar-refractivity contribution in [3.05, 3.63) is 59.5 Å². The van der Waals surface area contributed by atoms with Crippen LogP contribution in [0, 0.1) is 6.92 Å². The summed E-state index contributed by atoms with van der Waals surface area (Å²) in [5, 5.41) is 16.0. The van der Waals surface area contributed by atoms with Crippen LogP contribution in [0.5, 0.6) is 0 Å². The Hall–Kier alpha value is -2.27. The molecule has 2 amide bonds. The van der Waals surface area contributed by atoms with E-state index in [-0.39, 0.29) is 17.5 Å². The van der Waals surface area contributed by atoms with E-state index in [9.17, 15) is 9.90 Å². The lowest BCUT2D eigenvalue weighted by atomic mass is 9.92. The van der Waals surface area contributed by atoms with Gasteiger partial charge in [-0.3, -0.25) is 0 Å². The number of aryl methyl sites for hydroxylation is 1. The maximum Gasteiger partial charge on any atom is 0.315 e. The number of carbonyl (C=O) groups is 1. The molecular formula is C20H26N2O3. The number of nitrogens with one attached hydrogen (secondary N) is 2. The van der Waals surface area contributed by atoms with Crippen molar-refractivity contribution >= 4 is 6.03 Å². The summed E-state index contributed by atoms with van der Waals surface area (Å²) in [6.07, 6.45) is 3.43. The van der Waals surface area contributed by atoms with Crippen LogP contribution in [0.1, 0.15) is 49.2 Å². The van der Waals surface area contributed by atoms with Crippen LogP contribution in [-0.2, 0) is 5.41 Å². The van der Waals surface area contributed by atoms with Gasteiger partial charge in [0.05, 0.1) is 6.26 Å². The molecule has 1 aromatic carbocycles. The Bertz CT molecular complexity index is 707. The minimum absolute atomic E-state index is 0.0829. The monoisotopic (exact) mass is 342 g/mol. The third-order valence-corrected chi connectivity index (χ3v) is 4.98. The van der Waals surface area contributed by atoms with Crippen LogP contribution in [0.25, 0.3) is 0 Å². The van der Waals surface area contributed by atoms with E-state index in [0.29, 0.717) is 18.7 Å². The molecule has 5 heteroatoms. The van der Waals surface area contributed by atoms with Gasteiger partial charge in [-0.25, -0.2) is 4.79 Å². The first-order valence-electron chi connectivity index (χ1n) is 8.82. The molecule has 1 fully saturated rings. The Kier molecular flexibility index (Phi) is 5.13. The van der Waals surface area contributed by atoms with Crippen LogP contribution >= 0.6 is 0 Å². The molecule has 1 heterocycles. The van der Waals surface area contributed by atoms with Crippen LogP contribution in [0.2, 0.25) is 0 Å². The standard InChI is InChI=1S/C20H26N2O3/c1-14-6-3-4-7-16(14)20(9-10-20)13-21-19(24)22-15(2)12-17(23)18-8-5-11-25-18/h3-8,11,15,17,23H,9-10,12-13H2,1-2H3,(H2,21,22,24). The molecular weight excluding hydrogens is 316 g/mol. The maximum absolute atomic E-state index is 12.2. The van der Waals surface area contributed by atoms with E-state index < -0.39 is 6.10 Å². The largest absolute Gasteiger partial charge is 0.467 e. The number of hydrogen-bond donors (Lipinski definition) is 3. The molecule has 1 aliphatic carbocycles. The molecule has 5 nitrogen and oxygen atoms in total. The zero-order valence-corrected chi connectivity index (χ0v) is 14.8. The molecule has 0 saturated heterocycles. The van der Waals surface area contributed by atoms with E-state index in [4.69, 9.17) is 4.42 Å². The normalized spacial score (nSPS) is 17.6. The van der Waals surface area contributed by atoms with Gasteiger partial charge >= 0.3 is 6.03 Å². The molecule has 0 radical (unpaired) electrons. The quantitative estimate of drug-likeness (QED) is 0.722. The third kappa shape index (κ3) is 4.23. The average Bonchev–Trinajstić information content (AvgIpc) is 3.15. The summed E-state index contributed by atoms with van der Waals surface area (Å²) in [7, 11) is 0. The summed E-state index contributed by atoms with van der Waals surface area (Å²) in [6.45, 7) is 4.63. The molecule has 1 aromatic heterocycles. The van der Waals surface area contributed by atoms with Gasteiger partial charge in [0.25, 0.3) is 0 Å². The van der Waals surface area contributed by atoms with Crippen LogP contribution in [0.15, 0.2) is 47.1 Å². The van der Waals surface area contributed by atoms with Crippen LogP contribution in [0.3, 0.4) is 0 Å². The molecule has 0 aliphatic heterocycles. The topological polar surface area (TPSA) is 74.5 Å². The van der Waals surface area contributed by atoms with Gasteiger partial charge in [0.2, 0.25) is 0 Å². The average molecular weight is 342 g/mol. The van der Waals surface area contributed by atoms with Crippen molar-refractivity contribution in [2.24, 2.45) is 0 Å². The summed E-state index contributed by atoms with van der Waals surface area (Å²) < 4.78 is 5.18. The first kappa shape index (κ1) is 17.5. The first-order chi connectivity index (χ1) is 12.0. The highest BCUT2D eigenvalue weighted by Gasteiger charge is 2.45. The number of amides is 2. The fourth-order valence-corrected chi connectivity index (χ4v) is 3.38. The summed E-state index contributed by atoms with van der Waals surface area (Å²) in [6, 6.07) is 11.5. The first-order valence-corrected chi connectivity index (χ1v) is 8.82. The van der Waals surface area contributed by atoms with Crippen LogP contribution < -0.4 is 10.6 Å². The van der Waals surface area contributed by atoms with Gasteiger partial charge in [0, 0.05) is 24.4 Å². The van der Waals surface area contributed by atoms with Gasteiger partial charge in [-0.05, 0) is 49.9 Å². The molecule has 134 valence electrons. The Balaban J connectivity index is 1.47. The lowest BCUT2D eigenvalue weighted by Gasteiger charge is -2.21. The van der Waals surface area contributed by atoms with E-state index in [0.717, 1.165) is 12.8 Å². The smallest absolute Gasteiger partial charge is 0.315 e. The lowest BCUT2D eigenvalue weighted by Crippen LogP contribution is -2.44. The number of aliphatic hydroxyl groups excluding tert-OH is 1. The minimum Gasteiger partial charge on any atom is -0.467 e. The number of urea groups is 1. The van der Waals surface area contributed by atoms with Gasteiger partial charge in [-0.1, -0.05) is 24.3 Å². The summed E-state index contributed by atoms with van der Waals surface area (Å²) >= 11 is 0. The Morgan fingerprint density at radius 1 is 1.28 bits per heavy atom. The van der Waals surface area contributed by atoms with Crippen molar-refractivity contribution in [3.8, 4) is 0 Å².